The average Bonchev–Trinajstić information content (AvgIpc) is 2.55. The molecule has 14 heavy (non-hydrogen) atoms. The van der Waals surface area contributed by atoms with E-state index in [1.807, 2.05) is 6.08 Å². The molecule has 0 aromatic carbocycles. The van der Waals surface area contributed by atoms with Crippen LogP contribution >= 0.6 is 0 Å². The quantitative estimate of drug-likeness (QED) is 0.612. The molecule has 0 aliphatic heterocycles. The van der Waals surface area contributed by atoms with Gasteiger partial charge in [0.05, 0.1) is 0 Å². The first-order chi connectivity index (χ1) is 6.86. The zero-order valence-electron chi connectivity index (χ0n) is 8.61. The first-order valence-electron chi connectivity index (χ1n) is 5.20. The molecule has 0 fully saturated rings. The van der Waals surface area contributed by atoms with Gasteiger partial charge >= 0.3 is 0 Å². The van der Waals surface area contributed by atoms with Crippen LogP contribution in [0.15, 0.2) is 60.3 Å². The van der Waals surface area contributed by atoms with Gasteiger partial charge in [0.15, 0.2) is 0 Å². The minimum absolute atomic E-state index is 0.573. The fourth-order valence-corrected chi connectivity index (χ4v) is 2.40. The molecule has 0 aromatic rings. The van der Waals surface area contributed by atoms with Gasteiger partial charge in [-0.2, -0.15) is 0 Å². The smallest absolute Gasteiger partial charge is 0.00897 e. The predicted octanol–water partition coefficient (Wildman–Crippen LogP) is 3.81. The van der Waals surface area contributed by atoms with Crippen LogP contribution in [0.3, 0.4) is 0 Å². The fourth-order valence-electron chi connectivity index (χ4n) is 2.40. The van der Waals surface area contributed by atoms with Crippen LogP contribution in [-0.4, -0.2) is 0 Å². The lowest BCUT2D eigenvalue weighted by Crippen LogP contribution is -2.07. The first kappa shape index (κ1) is 9.26. The van der Waals surface area contributed by atoms with Crippen LogP contribution < -0.4 is 0 Å². The molecule has 0 bridgehead atoms. The lowest BCUT2D eigenvalue weighted by molar-refractivity contribution is 0.582. The third-order valence-corrected chi connectivity index (χ3v) is 3.02. The van der Waals surface area contributed by atoms with E-state index >= 15 is 0 Å². The molecule has 0 heteroatoms. The Hall–Kier alpha value is -1.30. The van der Waals surface area contributed by atoms with E-state index in [0.29, 0.717) is 11.8 Å². The van der Waals surface area contributed by atoms with Crippen LogP contribution in [0.4, 0.5) is 0 Å². The lowest BCUT2D eigenvalue weighted by atomic mass is 9.88. The monoisotopic (exact) mass is 184 g/mol. The van der Waals surface area contributed by atoms with E-state index in [9.17, 15) is 0 Å². The maximum absolute atomic E-state index is 3.92. The summed E-state index contributed by atoms with van der Waals surface area (Å²) >= 11 is 0. The van der Waals surface area contributed by atoms with Crippen LogP contribution in [-0.2, 0) is 0 Å². The van der Waals surface area contributed by atoms with Crippen LogP contribution in [0.5, 0.6) is 0 Å². The summed E-state index contributed by atoms with van der Waals surface area (Å²) in [5, 5.41) is 0. The summed E-state index contributed by atoms with van der Waals surface area (Å²) in [5.41, 5.74) is 2.86. The van der Waals surface area contributed by atoms with Crippen molar-refractivity contribution in [1.82, 2.24) is 0 Å². The second kappa shape index (κ2) is 3.83. The zero-order chi connectivity index (χ0) is 9.97. The SMILES string of the molecule is C=CC1=C(/C=C\C)CC2C=CC=CC12. The maximum Gasteiger partial charge on any atom is 0.00897 e. The van der Waals surface area contributed by atoms with Crippen molar-refractivity contribution < 1.29 is 0 Å². The van der Waals surface area contributed by atoms with E-state index < -0.39 is 0 Å². The number of hydrogen-bond acceptors (Lipinski definition) is 0. The lowest BCUT2D eigenvalue weighted by Gasteiger charge is -2.16. The normalized spacial score (nSPS) is 30.1. The maximum atomic E-state index is 3.92. The molecular weight excluding hydrogens is 168 g/mol. The Bertz CT molecular complexity index is 350. The van der Waals surface area contributed by atoms with E-state index in [1.165, 1.54) is 11.1 Å². The molecule has 0 saturated heterocycles. The van der Waals surface area contributed by atoms with Crippen LogP contribution in [0.2, 0.25) is 0 Å². The minimum atomic E-state index is 0.573. The fraction of sp³-hybridized carbons (Fsp3) is 0.286. The summed E-state index contributed by atoms with van der Waals surface area (Å²) in [6, 6.07) is 0. The molecule has 0 nitrogen and oxygen atoms in total. The molecule has 0 amide bonds. The van der Waals surface area contributed by atoms with Gasteiger partial charge < -0.3 is 0 Å². The van der Waals surface area contributed by atoms with E-state index in [0.717, 1.165) is 6.42 Å². The van der Waals surface area contributed by atoms with Gasteiger partial charge in [0.25, 0.3) is 0 Å². The topological polar surface area (TPSA) is 0 Å². The Labute approximate surface area is 86.0 Å². The number of allylic oxidation sites excluding steroid dienone is 9. The molecule has 2 unspecified atom stereocenters. The average molecular weight is 184 g/mol. The highest BCUT2D eigenvalue weighted by Crippen LogP contribution is 2.41. The van der Waals surface area contributed by atoms with E-state index in [1.54, 1.807) is 0 Å². The Kier molecular flexibility index (Phi) is 2.53. The third kappa shape index (κ3) is 1.41. The van der Waals surface area contributed by atoms with Gasteiger partial charge in [-0.05, 0) is 30.4 Å². The van der Waals surface area contributed by atoms with Crippen molar-refractivity contribution in [2.75, 3.05) is 0 Å². The van der Waals surface area contributed by atoms with Gasteiger partial charge in [0, 0.05) is 5.92 Å². The van der Waals surface area contributed by atoms with Gasteiger partial charge in [0.1, 0.15) is 0 Å². The molecule has 2 aliphatic rings. The molecule has 0 spiro atoms. The zero-order valence-corrected chi connectivity index (χ0v) is 8.61. The standard InChI is InChI=1S/C14H16/c1-3-7-11-10-12-8-5-6-9-14(12)13(11)4-2/h3-9,12,14H,2,10H2,1H3/b7-3-. The second-order valence-corrected chi connectivity index (χ2v) is 3.85. The molecule has 0 saturated carbocycles. The van der Waals surface area contributed by atoms with Crippen molar-refractivity contribution in [3.05, 3.63) is 60.3 Å². The molecule has 72 valence electrons. The van der Waals surface area contributed by atoms with E-state index in [-0.39, 0.29) is 0 Å². The van der Waals surface area contributed by atoms with Crippen molar-refractivity contribution in [3.8, 4) is 0 Å². The molecule has 2 rings (SSSR count). The van der Waals surface area contributed by atoms with Gasteiger partial charge in [-0.15, -0.1) is 0 Å². The molecule has 0 aromatic heterocycles. The van der Waals surface area contributed by atoms with E-state index in [4.69, 9.17) is 0 Å². The summed E-state index contributed by atoms with van der Waals surface area (Å²) in [6.07, 6.45) is 16.4. The van der Waals surface area contributed by atoms with Crippen molar-refractivity contribution in [2.45, 2.75) is 13.3 Å². The molecule has 2 aliphatic carbocycles. The minimum Gasteiger partial charge on any atom is -0.0988 e. The molecule has 0 radical (unpaired) electrons. The molecule has 0 N–H and O–H groups in total. The highest BCUT2D eigenvalue weighted by atomic mass is 14.3. The molecule has 0 heterocycles. The van der Waals surface area contributed by atoms with Crippen LogP contribution in [0.25, 0.3) is 0 Å². The van der Waals surface area contributed by atoms with Gasteiger partial charge in [0.2, 0.25) is 0 Å². The number of rotatable bonds is 2. The molecule has 2 atom stereocenters. The van der Waals surface area contributed by atoms with Gasteiger partial charge in [-0.3, -0.25) is 0 Å². The first-order valence-corrected chi connectivity index (χ1v) is 5.20. The van der Waals surface area contributed by atoms with Crippen molar-refractivity contribution in [3.63, 3.8) is 0 Å². The summed E-state index contributed by atoms with van der Waals surface area (Å²) in [6.45, 7) is 5.99. The van der Waals surface area contributed by atoms with Gasteiger partial charge in [-0.1, -0.05) is 49.1 Å². The van der Waals surface area contributed by atoms with Crippen molar-refractivity contribution in [2.24, 2.45) is 11.8 Å². The van der Waals surface area contributed by atoms with Gasteiger partial charge in [-0.25, -0.2) is 0 Å². The largest absolute Gasteiger partial charge is 0.0988 e. The summed E-state index contributed by atoms with van der Waals surface area (Å²) in [5.74, 6) is 1.24. The van der Waals surface area contributed by atoms with Crippen molar-refractivity contribution in [1.29, 1.82) is 0 Å². The van der Waals surface area contributed by atoms with Crippen LogP contribution in [0.1, 0.15) is 13.3 Å². The summed E-state index contributed by atoms with van der Waals surface area (Å²) in [7, 11) is 0. The number of fused-ring (bicyclic) bond motifs is 1. The van der Waals surface area contributed by atoms with Crippen LogP contribution in [0, 0.1) is 11.8 Å². The highest BCUT2D eigenvalue weighted by Gasteiger charge is 2.29. The van der Waals surface area contributed by atoms with Crippen molar-refractivity contribution >= 4 is 0 Å². The Morgan fingerprint density at radius 2 is 2.14 bits per heavy atom. The third-order valence-electron chi connectivity index (χ3n) is 3.02. The second-order valence-electron chi connectivity index (χ2n) is 3.85. The Morgan fingerprint density at radius 1 is 1.36 bits per heavy atom. The molecular formula is C14H16. The summed E-state index contributed by atoms with van der Waals surface area (Å²) < 4.78 is 0. The highest BCUT2D eigenvalue weighted by molar-refractivity contribution is 5.44. The Balaban J connectivity index is 2.35. The van der Waals surface area contributed by atoms with E-state index in [2.05, 4.69) is 50.0 Å². The summed E-state index contributed by atoms with van der Waals surface area (Å²) in [4.78, 5) is 0. The Morgan fingerprint density at radius 3 is 2.86 bits per heavy atom. The predicted molar refractivity (Wildman–Crippen MR) is 61.9 cm³/mol. The number of hydrogen-bond donors (Lipinski definition) is 0.